The topological polar surface area (TPSA) is 84.6 Å². The Morgan fingerprint density at radius 2 is 1.79 bits per heavy atom. The van der Waals surface area contributed by atoms with Gasteiger partial charge in [0.2, 0.25) is 0 Å². The molecule has 0 aliphatic heterocycles. The van der Waals surface area contributed by atoms with Crippen molar-refractivity contribution in [2.24, 2.45) is 17.1 Å². The zero-order chi connectivity index (χ0) is 18.3. The molecule has 0 spiro atoms. The van der Waals surface area contributed by atoms with Crippen molar-refractivity contribution in [3.8, 4) is 0 Å². The van der Waals surface area contributed by atoms with Crippen LogP contribution >= 0.6 is 0 Å². The Bertz CT molecular complexity index is 497. The summed E-state index contributed by atoms with van der Waals surface area (Å²) in [7, 11) is 0. The Kier molecular flexibility index (Phi) is 7.70. The molecule has 0 fully saturated rings. The van der Waals surface area contributed by atoms with Crippen LogP contribution in [0, 0.1) is 11.3 Å². The number of carbonyl (C=O) groups excluding carboxylic acids is 1. The summed E-state index contributed by atoms with van der Waals surface area (Å²) in [6.45, 7) is 11.5. The maximum Gasteiger partial charge on any atom is 0.404 e. The number of primary amides is 1. The fourth-order valence-corrected chi connectivity index (χ4v) is 2.98. The number of nitrogens with two attached hydrogens (primary N) is 1. The molecule has 1 aromatic carbocycles. The van der Waals surface area contributed by atoms with Gasteiger partial charge < -0.3 is 20.9 Å². The van der Waals surface area contributed by atoms with E-state index in [9.17, 15) is 9.90 Å². The standard InChI is InChI=1S/C19H32N2O3/c1-13(2)11-21-12-15(22)17(24-18(20)23)16(19(3,4)5)14-9-7-6-8-10-14/h6-10,13,15-17,21-22H,11-12H2,1-5H3,(H2,20,23)/t15-,16?,17-/m1/s1. The van der Waals surface area contributed by atoms with Crippen LogP contribution in [0.2, 0.25) is 0 Å². The number of hydrogen-bond acceptors (Lipinski definition) is 4. The Labute approximate surface area is 145 Å². The number of carbonyl (C=O) groups is 1. The zero-order valence-corrected chi connectivity index (χ0v) is 15.5. The van der Waals surface area contributed by atoms with Crippen LogP contribution in [-0.2, 0) is 4.74 Å². The first-order valence-electron chi connectivity index (χ1n) is 8.52. The average molecular weight is 336 g/mol. The fraction of sp³-hybridized carbons (Fsp3) is 0.632. The normalized spacial score (nSPS) is 15.8. The SMILES string of the molecule is CC(C)CNC[C@@H](O)[C@@H](OC(N)=O)C(c1ccccc1)C(C)(C)C. The largest absolute Gasteiger partial charge is 0.443 e. The number of benzene rings is 1. The van der Waals surface area contributed by atoms with Crippen LogP contribution < -0.4 is 11.1 Å². The predicted octanol–water partition coefficient (Wildman–Crippen LogP) is 2.89. The predicted molar refractivity (Wildman–Crippen MR) is 96.8 cm³/mol. The summed E-state index contributed by atoms with van der Waals surface area (Å²) >= 11 is 0. The highest BCUT2D eigenvalue weighted by molar-refractivity contribution is 5.65. The highest BCUT2D eigenvalue weighted by atomic mass is 16.6. The summed E-state index contributed by atoms with van der Waals surface area (Å²) < 4.78 is 5.36. The van der Waals surface area contributed by atoms with Crippen molar-refractivity contribution in [1.82, 2.24) is 5.32 Å². The fourth-order valence-electron chi connectivity index (χ4n) is 2.98. The van der Waals surface area contributed by atoms with E-state index in [0.717, 1.165) is 12.1 Å². The average Bonchev–Trinajstić information content (AvgIpc) is 2.45. The van der Waals surface area contributed by atoms with E-state index in [-0.39, 0.29) is 11.3 Å². The molecule has 0 radical (unpaired) electrons. The number of amides is 1. The summed E-state index contributed by atoms with van der Waals surface area (Å²) in [4.78, 5) is 11.4. The van der Waals surface area contributed by atoms with Crippen molar-refractivity contribution in [2.45, 2.75) is 52.7 Å². The van der Waals surface area contributed by atoms with Gasteiger partial charge in [-0.2, -0.15) is 0 Å². The van der Waals surface area contributed by atoms with Gasteiger partial charge in [0.05, 0.1) is 0 Å². The van der Waals surface area contributed by atoms with Gasteiger partial charge in [-0.15, -0.1) is 0 Å². The van der Waals surface area contributed by atoms with Crippen LogP contribution in [0.1, 0.15) is 46.1 Å². The lowest BCUT2D eigenvalue weighted by Crippen LogP contribution is -2.47. The Morgan fingerprint density at radius 1 is 1.21 bits per heavy atom. The number of hydrogen-bond donors (Lipinski definition) is 3. The molecule has 0 heterocycles. The van der Waals surface area contributed by atoms with Crippen LogP contribution in [-0.4, -0.2) is 36.5 Å². The summed E-state index contributed by atoms with van der Waals surface area (Å²) in [5.74, 6) is 0.294. The first kappa shape index (κ1) is 20.5. The summed E-state index contributed by atoms with van der Waals surface area (Å²) in [6.07, 6.45) is -2.43. The van der Waals surface area contributed by atoms with Gasteiger partial charge in [0.1, 0.15) is 12.2 Å². The van der Waals surface area contributed by atoms with Gasteiger partial charge in [0.15, 0.2) is 0 Å². The number of rotatable bonds is 8. The second kappa shape index (κ2) is 9.04. The molecule has 0 saturated carbocycles. The van der Waals surface area contributed by atoms with Gasteiger partial charge in [-0.25, -0.2) is 4.79 Å². The highest BCUT2D eigenvalue weighted by Gasteiger charge is 2.39. The molecule has 0 aliphatic carbocycles. The Morgan fingerprint density at radius 3 is 2.25 bits per heavy atom. The van der Waals surface area contributed by atoms with E-state index in [1.54, 1.807) is 0 Å². The summed E-state index contributed by atoms with van der Waals surface area (Å²) in [5, 5.41) is 13.9. The molecule has 24 heavy (non-hydrogen) atoms. The molecule has 1 aromatic rings. The molecule has 3 atom stereocenters. The maximum atomic E-state index is 11.4. The van der Waals surface area contributed by atoms with E-state index in [2.05, 4.69) is 39.9 Å². The van der Waals surface area contributed by atoms with E-state index in [4.69, 9.17) is 10.5 Å². The molecule has 1 unspecified atom stereocenters. The van der Waals surface area contributed by atoms with Gasteiger partial charge in [0.25, 0.3) is 0 Å². The molecule has 1 rings (SSSR count). The van der Waals surface area contributed by atoms with Crippen molar-refractivity contribution < 1.29 is 14.6 Å². The smallest absolute Gasteiger partial charge is 0.404 e. The number of nitrogens with one attached hydrogen (secondary N) is 1. The van der Waals surface area contributed by atoms with Crippen LogP contribution in [0.3, 0.4) is 0 Å². The summed E-state index contributed by atoms with van der Waals surface area (Å²) in [6, 6.07) is 9.80. The van der Waals surface area contributed by atoms with Crippen molar-refractivity contribution >= 4 is 6.09 Å². The second-order valence-corrected chi connectivity index (χ2v) is 7.78. The molecule has 1 amide bonds. The van der Waals surface area contributed by atoms with E-state index in [1.807, 2.05) is 30.3 Å². The first-order chi connectivity index (χ1) is 11.1. The van der Waals surface area contributed by atoms with Crippen molar-refractivity contribution in [1.29, 1.82) is 0 Å². The van der Waals surface area contributed by atoms with Gasteiger partial charge in [-0.1, -0.05) is 65.0 Å². The lowest BCUT2D eigenvalue weighted by Gasteiger charge is -2.39. The summed E-state index contributed by atoms with van der Waals surface area (Å²) in [5.41, 5.74) is 6.07. The molecule has 136 valence electrons. The highest BCUT2D eigenvalue weighted by Crippen LogP contribution is 2.40. The van der Waals surface area contributed by atoms with Crippen LogP contribution in [0.4, 0.5) is 4.79 Å². The van der Waals surface area contributed by atoms with E-state index in [0.29, 0.717) is 12.5 Å². The minimum Gasteiger partial charge on any atom is -0.443 e. The van der Waals surface area contributed by atoms with Crippen LogP contribution in [0.5, 0.6) is 0 Å². The quantitative estimate of drug-likeness (QED) is 0.681. The molecule has 5 heteroatoms. The molecule has 0 aromatic heterocycles. The van der Waals surface area contributed by atoms with E-state index >= 15 is 0 Å². The monoisotopic (exact) mass is 336 g/mol. The van der Waals surface area contributed by atoms with Gasteiger partial charge >= 0.3 is 6.09 Å². The van der Waals surface area contributed by atoms with Gasteiger partial charge in [0, 0.05) is 12.5 Å². The van der Waals surface area contributed by atoms with Crippen molar-refractivity contribution in [3.05, 3.63) is 35.9 Å². The van der Waals surface area contributed by atoms with Crippen molar-refractivity contribution in [2.75, 3.05) is 13.1 Å². The molecule has 4 N–H and O–H groups in total. The van der Waals surface area contributed by atoms with Crippen LogP contribution in [0.25, 0.3) is 0 Å². The number of aliphatic hydroxyl groups excluding tert-OH is 1. The molecule has 5 nitrogen and oxygen atoms in total. The second-order valence-electron chi connectivity index (χ2n) is 7.78. The minimum absolute atomic E-state index is 0.179. The molecule has 0 saturated heterocycles. The molecular formula is C19H32N2O3. The maximum absolute atomic E-state index is 11.4. The zero-order valence-electron chi connectivity index (χ0n) is 15.5. The number of aliphatic hydroxyl groups is 1. The Balaban J connectivity index is 3.06. The third-order valence-electron chi connectivity index (χ3n) is 3.96. The number of ether oxygens (including phenoxy) is 1. The lowest BCUT2D eigenvalue weighted by molar-refractivity contribution is -0.0287. The van der Waals surface area contributed by atoms with E-state index in [1.165, 1.54) is 0 Å². The molecular weight excluding hydrogens is 304 g/mol. The first-order valence-corrected chi connectivity index (χ1v) is 8.52. The van der Waals surface area contributed by atoms with E-state index < -0.39 is 18.3 Å². The lowest BCUT2D eigenvalue weighted by atomic mass is 9.72. The van der Waals surface area contributed by atoms with Crippen molar-refractivity contribution in [3.63, 3.8) is 0 Å². The minimum atomic E-state index is -0.868. The molecule has 0 bridgehead atoms. The van der Waals surface area contributed by atoms with Gasteiger partial charge in [-0.05, 0) is 23.4 Å². The third-order valence-corrected chi connectivity index (χ3v) is 3.96. The molecule has 0 aliphatic rings. The van der Waals surface area contributed by atoms with Gasteiger partial charge in [-0.3, -0.25) is 0 Å². The Hall–Kier alpha value is -1.59. The van der Waals surface area contributed by atoms with Crippen LogP contribution in [0.15, 0.2) is 30.3 Å². The third kappa shape index (κ3) is 6.49.